The number of carbonyl (C=O) groups excluding carboxylic acids is 1. The molecule has 2 aliphatic rings. The molecule has 1 amide bonds. The highest BCUT2D eigenvalue weighted by Gasteiger charge is 2.36. The van der Waals surface area contributed by atoms with Crippen LogP contribution < -0.4 is 4.74 Å². The molecule has 1 saturated heterocycles. The zero-order valence-corrected chi connectivity index (χ0v) is 11.6. The summed E-state index contributed by atoms with van der Waals surface area (Å²) in [5.74, 6) is -0.0664. The average Bonchev–Trinajstić information content (AvgIpc) is 2.96. The smallest absolute Gasteiger partial charge is 0.308 e. The van der Waals surface area contributed by atoms with Crippen LogP contribution in [0.1, 0.15) is 6.42 Å². The number of carboxylic acid groups (broad SMARTS) is 1. The first-order valence-electron chi connectivity index (χ1n) is 6.55. The van der Waals surface area contributed by atoms with Gasteiger partial charge in [-0.3, -0.25) is 9.59 Å². The van der Waals surface area contributed by atoms with Crippen molar-refractivity contribution >= 4 is 23.6 Å². The van der Waals surface area contributed by atoms with Gasteiger partial charge in [-0.15, -0.1) is 11.8 Å². The van der Waals surface area contributed by atoms with Crippen molar-refractivity contribution in [2.45, 2.75) is 17.4 Å². The van der Waals surface area contributed by atoms with Gasteiger partial charge in [0.1, 0.15) is 5.75 Å². The van der Waals surface area contributed by atoms with Crippen LogP contribution in [-0.4, -0.2) is 46.8 Å². The van der Waals surface area contributed by atoms with E-state index in [-0.39, 0.29) is 5.91 Å². The van der Waals surface area contributed by atoms with E-state index >= 15 is 0 Å². The van der Waals surface area contributed by atoms with Gasteiger partial charge in [0, 0.05) is 23.7 Å². The molecule has 1 fully saturated rings. The van der Waals surface area contributed by atoms with Crippen LogP contribution in [0, 0.1) is 5.92 Å². The van der Waals surface area contributed by atoms with E-state index in [2.05, 4.69) is 0 Å². The SMILES string of the molecule is O=C(O)[C@H]1CCN(C(=O)[C@H]2CSc3ccccc3O2)C1. The zero-order valence-electron chi connectivity index (χ0n) is 10.8. The number of thioether (sulfide) groups is 1. The fraction of sp³-hybridized carbons (Fsp3) is 0.429. The normalized spacial score (nSPS) is 24.9. The Morgan fingerprint density at radius 3 is 2.90 bits per heavy atom. The lowest BCUT2D eigenvalue weighted by atomic mass is 10.1. The lowest BCUT2D eigenvalue weighted by molar-refractivity contribution is -0.142. The van der Waals surface area contributed by atoms with Crippen molar-refractivity contribution in [1.29, 1.82) is 0 Å². The van der Waals surface area contributed by atoms with Crippen molar-refractivity contribution in [3.8, 4) is 5.75 Å². The number of likely N-dealkylation sites (tertiary alicyclic amines) is 1. The number of hydrogen-bond acceptors (Lipinski definition) is 4. The summed E-state index contributed by atoms with van der Waals surface area (Å²) in [5.41, 5.74) is 0. The monoisotopic (exact) mass is 293 g/mol. The van der Waals surface area contributed by atoms with Crippen LogP contribution in [0.25, 0.3) is 0 Å². The number of aliphatic carboxylic acids is 1. The number of rotatable bonds is 2. The fourth-order valence-corrected chi connectivity index (χ4v) is 3.48. The predicted octanol–water partition coefficient (Wildman–Crippen LogP) is 1.47. The third-order valence-corrected chi connectivity index (χ3v) is 4.75. The van der Waals surface area contributed by atoms with Gasteiger partial charge < -0.3 is 14.7 Å². The number of carboxylic acids is 1. The predicted molar refractivity (Wildman–Crippen MR) is 73.9 cm³/mol. The number of hydrogen-bond donors (Lipinski definition) is 1. The summed E-state index contributed by atoms with van der Waals surface area (Å²) in [6.45, 7) is 0.794. The largest absolute Gasteiger partial charge is 0.481 e. The topological polar surface area (TPSA) is 66.8 Å². The highest BCUT2D eigenvalue weighted by Crippen LogP contribution is 2.35. The maximum Gasteiger partial charge on any atom is 0.308 e. The Morgan fingerprint density at radius 2 is 2.15 bits per heavy atom. The second-order valence-corrected chi connectivity index (χ2v) is 6.03. The van der Waals surface area contributed by atoms with Crippen LogP contribution in [0.5, 0.6) is 5.75 Å². The number of benzene rings is 1. The molecule has 3 rings (SSSR count). The van der Waals surface area contributed by atoms with Gasteiger partial charge in [0.25, 0.3) is 5.91 Å². The molecule has 0 saturated carbocycles. The molecule has 0 aromatic heterocycles. The molecule has 0 radical (unpaired) electrons. The molecule has 1 aromatic rings. The summed E-state index contributed by atoms with van der Waals surface area (Å²) >= 11 is 1.60. The molecule has 106 valence electrons. The molecular formula is C14H15NO4S. The Hall–Kier alpha value is -1.69. The van der Waals surface area contributed by atoms with E-state index in [0.29, 0.717) is 25.3 Å². The average molecular weight is 293 g/mol. The van der Waals surface area contributed by atoms with Gasteiger partial charge in [-0.25, -0.2) is 0 Å². The Balaban J connectivity index is 1.66. The van der Waals surface area contributed by atoms with Crippen molar-refractivity contribution in [3.05, 3.63) is 24.3 Å². The summed E-state index contributed by atoms with van der Waals surface area (Å²) < 4.78 is 5.74. The van der Waals surface area contributed by atoms with E-state index < -0.39 is 18.0 Å². The third-order valence-electron chi connectivity index (χ3n) is 3.63. The van der Waals surface area contributed by atoms with Gasteiger partial charge >= 0.3 is 5.97 Å². The maximum absolute atomic E-state index is 12.4. The third kappa shape index (κ3) is 2.47. The summed E-state index contributed by atoms with van der Waals surface area (Å²) in [4.78, 5) is 26.0. The Kier molecular flexibility index (Phi) is 3.56. The van der Waals surface area contributed by atoms with E-state index in [9.17, 15) is 9.59 Å². The van der Waals surface area contributed by atoms with E-state index in [4.69, 9.17) is 9.84 Å². The zero-order chi connectivity index (χ0) is 14.1. The van der Waals surface area contributed by atoms with Crippen molar-refractivity contribution < 1.29 is 19.4 Å². The van der Waals surface area contributed by atoms with Gasteiger partial charge in [-0.1, -0.05) is 12.1 Å². The number of fused-ring (bicyclic) bond motifs is 1. The van der Waals surface area contributed by atoms with E-state index in [1.54, 1.807) is 16.7 Å². The number of ether oxygens (including phenoxy) is 1. The van der Waals surface area contributed by atoms with E-state index in [0.717, 1.165) is 10.6 Å². The van der Waals surface area contributed by atoms with E-state index in [1.807, 2.05) is 24.3 Å². The van der Waals surface area contributed by atoms with Crippen LogP contribution in [-0.2, 0) is 9.59 Å². The van der Waals surface area contributed by atoms with Crippen LogP contribution >= 0.6 is 11.8 Å². The summed E-state index contributed by atoms with van der Waals surface area (Å²) in [5, 5.41) is 8.98. The molecule has 0 spiro atoms. The van der Waals surface area contributed by atoms with Gasteiger partial charge in [-0.05, 0) is 18.6 Å². The summed E-state index contributed by atoms with van der Waals surface area (Å²) in [7, 11) is 0. The van der Waals surface area contributed by atoms with Crippen molar-refractivity contribution in [2.24, 2.45) is 5.92 Å². The summed E-state index contributed by atoms with van der Waals surface area (Å²) in [6, 6.07) is 7.64. The second-order valence-electron chi connectivity index (χ2n) is 4.97. The molecule has 5 nitrogen and oxygen atoms in total. The molecule has 1 aromatic carbocycles. The molecule has 20 heavy (non-hydrogen) atoms. The lowest BCUT2D eigenvalue weighted by Gasteiger charge is -2.28. The van der Waals surface area contributed by atoms with Crippen molar-refractivity contribution in [3.63, 3.8) is 0 Å². The van der Waals surface area contributed by atoms with Gasteiger partial charge in [0.2, 0.25) is 0 Å². The Morgan fingerprint density at radius 1 is 1.35 bits per heavy atom. The molecular weight excluding hydrogens is 278 g/mol. The van der Waals surface area contributed by atoms with Crippen molar-refractivity contribution in [2.75, 3.05) is 18.8 Å². The lowest BCUT2D eigenvalue weighted by Crippen LogP contribution is -2.43. The first-order chi connectivity index (χ1) is 9.65. The van der Waals surface area contributed by atoms with Gasteiger partial charge in [0.15, 0.2) is 6.10 Å². The molecule has 2 heterocycles. The number of para-hydroxylation sites is 1. The molecule has 0 unspecified atom stereocenters. The number of carbonyl (C=O) groups is 2. The highest BCUT2D eigenvalue weighted by molar-refractivity contribution is 7.99. The number of amides is 1. The van der Waals surface area contributed by atoms with Gasteiger partial charge in [-0.2, -0.15) is 0 Å². The van der Waals surface area contributed by atoms with Crippen LogP contribution in [0.4, 0.5) is 0 Å². The minimum atomic E-state index is -0.829. The van der Waals surface area contributed by atoms with Crippen molar-refractivity contribution in [1.82, 2.24) is 4.90 Å². The highest BCUT2D eigenvalue weighted by atomic mass is 32.2. The molecule has 1 N–H and O–H groups in total. The quantitative estimate of drug-likeness (QED) is 0.894. The van der Waals surface area contributed by atoms with Crippen LogP contribution in [0.3, 0.4) is 0 Å². The van der Waals surface area contributed by atoms with E-state index in [1.165, 1.54) is 0 Å². The molecule has 6 heteroatoms. The Labute approximate surface area is 120 Å². The molecule has 2 aliphatic heterocycles. The minimum absolute atomic E-state index is 0.101. The minimum Gasteiger partial charge on any atom is -0.481 e. The second kappa shape index (κ2) is 5.36. The summed E-state index contributed by atoms with van der Waals surface area (Å²) in [6.07, 6.45) is 0.0137. The maximum atomic E-state index is 12.4. The Bertz CT molecular complexity index is 548. The standard InChI is InChI=1S/C14H15NO4S/c16-13(15-6-5-9(7-15)14(17)18)11-8-20-12-4-2-1-3-10(12)19-11/h1-4,9,11H,5-8H2,(H,17,18)/t9-,11+/m0/s1. The number of nitrogens with zero attached hydrogens (tertiary/aromatic N) is 1. The van der Waals surface area contributed by atoms with Crippen LogP contribution in [0.15, 0.2) is 29.2 Å². The fourth-order valence-electron chi connectivity index (χ4n) is 2.51. The first-order valence-corrected chi connectivity index (χ1v) is 7.54. The van der Waals surface area contributed by atoms with Gasteiger partial charge in [0.05, 0.1) is 5.92 Å². The molecule has 2 atom stereocenters. The molecule has 0 bridgehead atoms. The molecule has 0 aliphatic carbocycles. The van der Waals surface area contributed by atoms with Crippen LogP contribution in [0.2, 0.25) is 0 Å². The first kappa shape index (κ1) is 13.3.